The molecule has 0 radical (unpaired) electrons. The van der Waals surface area contributed by atoms with Crippen LogP contribution in [0.2, 0.25) is 0 Å². The zero-order valence-electron chi connectivity index (χ0n) is 19.0. The molecule has 5 aliphatic carbocycles. The highest BCUT2D eigenvalue weighted by Gasteiger charge is 2.70. The van der Waals surface area contributed by atoms with Crippen molar-refractivity contribution in [3.05, 3.63) is 35.5 Å². The number of aliphatic hydroxyl groups is 1. The van der Waals surface area contributed by atoms with Crippen molar-refractivity contribution in [1.29, 1.82) is 0 Å². The quantitative estimate of drug-likeness (QED) is 0.331. The first-order valence-corrected chi connectivity index (χ1v) is 13.4. The summed E-state index contributed by atoms with van der Waals surface area (Å²) in [4.78, 5) is 12.7. The Hall–Kier alpha value is -0.810. The first kappa shape index (κ1) is 23.0. The number of hydrogen-bond acceptors (Lipinski definition) is 2. The minimum absolute atomic E-state index is 0.0590. The van der Waals surface area contributed by atoms with Crippen LogP contribution in [0.4, 0.5) is 8.78 Å². The Kier molecular flexibility index (Phi) is 5.64. The third-order valence-corrected chi connectivity index (χ3v) is 10.9. The van der Waals surface area contributed by atoms with Crippen molar-refractivity contribution in [3.8, 4) is 0 Å². The minimum atomic E-state index is -3.30. The van der Waals surface area contributed by atoms with Crippen LogP contribution in [0.3, 0.4) is 0 Å². The molecule has 5 aliphatic rings. The van der Waals surface area contributed by atoms with E-state index in [9.17, 15) is 9.90 Å². The number of carbonyl (C=O) groups excluding carboxylic acids is 1. The van der Waals surface area contributed by atoms with E-state index in [0.29, 0.717) is 36.1 Å². The largest absolute Gasteiger partial charge is 0.383 e. The van der Waals surface area contributed by atoms with Gasteiger partial charge in [-0.2, -0.15) is 8.78 Å². The molecular weight excluding hydrogens is 474 g/mol. The third-order valence-electron chi connectivity index (χ3n) is 10.0. The van der Waals surface area contributed by atoms with Gasteiger partial charge in [0.05, 0.1) is 0 Å². The lowest BCUT2D eigenvalue weighted by Crippen LogP contribution is -2.60. The van der Waals surface area contributed by atoms with Gasteiger partial charge in [-0.1, -0.05) is 35.0 Å². The summed E-state index contributed by atoms with van der Waals surface area (Å²) in [5, 5.41) is 11.6. The summed E-state index contributed by atoms with van der Waals surface area (Å²) in [6, 6.07) is 0. The molecule has 3 saturated carbocycles. The van der Waals surface area contributed by atoms with E-state index in [2.05, 4.69) is 22.5 Å². The topological polar surface area (TPSA) is 37.3 Å². The summed E-state index contributed by atoms with van der Waals surface area (Å²) < 4.78 is 30.4. The first-order valence-electron chi connectivity index (χ1n) is 12.5. The predicted octanol–water partition coefficient (Wildman–Crippen LogP) is 6.92. The van der Waals surface area contributed by atoms with Gasteiger partial charge in [0.1, 0.15) is 5.60 Å². The number of carbonyl (C=O) groups is 1. The van der Waals surface area contributed by atoms with Crippen molar-refractivity contribution in [1.82, 2.24) is 0 Å². The molecule has 0 saturated heterocycles. The molecule has 0 amide bonds. The summed E-state index contributed by atoms with van der Waals surface area (Å²) >= 11 is 3.77. The van der Waals surface area contributed by atoms with E-state index in [1.165, 1.54) is 16.7 Å². The van der Waals surface area contributed by atoms with Crippen LogP contribution < -0.4 is 0 Å². The predicted molar refractivity (Wildman–Crippen MR) is 126 cm³/mol. The van der Waals surface area contributed by atoms with Crippen molar-refractivity contribution in [2.75, 3.05) is 0 Å². The van der Waals surface area contributed by atoms with E-state index in [1.807, 2.05) is 13.0 Å². The Morgan fingerprint density at radius 2 is 1.84 bits per heavy atom. The van der Waals surface area contributed by atoms with Crippen LogP contribution in [0.15, 0.2) is 35.5 Å². The van der Waals surface area contributed by atoms with Crippen molar-refractivity contribution in [2.45, 2.75) is 93.9 Å². The molecule has 0 aromatic heterocycles. The van der Waals surface area contributed by atoms with Crippen molar-refractivity contribution < 1.29 is 18.7 Å². The SMILES string of the molecule is C=CC(F)(F)[C@]1(O)CCC2C3CCC4=CC(=O)CCC4=C3[C@@H](C3CCC(Br)CC3)C[C@@]21C. The highest BCUT2D eigenvalue weighted by Crippen LogP contribution is 2.69. The number of hydrogen-bond donors (Lipinski definition) is 1. The number of halogens is 3. The highest BCUT2D eigenvalue weighted by atomic mass is 79.9. The normalized spacial score (nSPS) is 44.5. The zero-order chi connectivity index (χ0) is 22.9. The van der Waals surface area contributed by atoms with Gasteiger partial charge in [-0.25, -0.2) is 0 Å². The van der Waals surface area contributed by atoms with Gasteiger partial charge in [0.15, 0.2) is 5.78 Å². The van der Waals surface area contributed by atoms with Gasteiger partial charge in [0.25, 0.3) is 5.92 Å². The first-order chi connectivity index (χ1) is 15.1. The summed E-state index contributed by atoms with van der Waals surface area (Å²) in [5.74, 6) is -2.08. The standard InChI is InChI=1S/C27H35BrF2O2/c1-3-27(29,30)26(32)13-12-23-21-10-6-17-14-19(31)9-11-20(17)24(21)22(15-25(23,26)2)16-4-7-18(28)8-5-16/h3,14,16,18,21-23,32H,1,4-13,15H2,2H3/t16?,18?,21?,22-,23?,25+,26+/m1/s1. The van der Waals surface area contributed by atoms with Crippen LogP contribution >= 0.6 is 15.9 Å². The molecule has 0 bridgehead atoms. The van der Waals surface area contributed by atoms with Crippen LogP contribution in [0, 0.1) is 29.1 Å². The number of rotatable bonds is 3. The van der Waals surface area contributed by atoms with E-state index < -0.39 is 16.9 Å². The Morgan fingerprint density at radius 3 is 2.53 bits per heavy atom. The molecule has 0 aromatic rings. The number of ketones is 1. The highest BCUT2D eigenvalue weighted by molar-refractivity contribution is 9.09. The van der Waals surface area contributed by atoms with E-state index in [4.69, 9.17) is 0 Å². The number of fused-ring (bicyclic) bond motifs is 4. The lowest BCUT2D eigenvalue weighted by atomic mass is 9.49. The fraction of sp³-hybridized carbons (Fsp3) is 0.741. The molecular formula is C27H35BrF2O2. The maximum atomic E-state index is 15.2. The third kappa shape index (κ3) is 3.20. The van der Waals surface area contributed by atoms with Gasteiger partial charge in [-0.15, -0.1) is 0 Å². The molecule has 32 heavy (non-hydrogen) atoms. The van der Waals surface area contributed by atoms with E-state index >= 15 is 8.78 Å². The van der Waals surface area contributed by atoms with E-state index in [1.54, 1.807) is 0 Å². The summed E-state index contributed by atoms with van der Waals surface area (Å²) in [7, 11) is 0. The molecule has 0 spiro atoms. The second-order valence-electron chi connectivity index (χ2n) is 11.3. The molecule has 3 fully saturated rings. The van der Waals surface area contributed by atoms with Gasteiger partial charge in [-0.3, -0.25) is 4.79 Å². The molecule has 2 nitrogen and oxygen atoms in total. The molecule has 0 aromatic carbocycles. The smallest absolute Gasteiger partial charge is 0.294 e. The van der Waals surface area contributed by atoms with Crippen LogP contribution in [0.25, 0.3) is 0 Å². The van der Waals surface area contributed by atoms with E-state index in [-0.39, 0.29) is 30.0 Å². The maximum absolute atomic E-state index is 15.2. The van der Waals surface area contributed by atoms with Crippen molar-refractivity contribution >= 4 is 21.7 Å². The van der Waals surface area contributed by atoms with Gasteiger partial charge >= 0.3 is 0 Å². The average Bonchev–Trinajstić information content (AvgIpc) is 3.05. The van der Waals surface area contributed by atoms with Gasteiger partial charge in [-0.05, 0) is 111 Å². The second kappa shape index (κ2) is 7.86. The lowest BCUT2D eigenvalue weighted by Gasteiger charge is -2.57. The molecule has 2 unspecified atom stereocenters. The Bertz CT molecular complexity index is 884. The summed E-state index contributed by atoms with van der Waals surface area (Å²) in [6.07, 6.45) is 11.5. The summed E-state index contributed by atoms with van der Waals surface area (Å²) in [5.41, 5.74) is 1.20. The lowest BCUT2D eigenvalue weighted by molar-refractivity contribution is -0.217. The molecule has 5 atom stereocenters. The molecule has 176 valence electrons. The van der Waals surface area contributed by atoms with Crippen LogP contribution in [-0.2, 0) is 4.79 Å². The Labute approximate surface area is 198 Å². The molecule has 0 heterocycles. The molecule has 5 rings (SSSR count). The molecule has 1 N–H and O–H groups in total. The van der Waals surface area contributed by atoms with Crippen LogP contribution in [-0.4, -0.2) is 27.2 Å². The fourth-order valence-electron chi connectivity index (χ4n) is 8.35. The van der Waals surface area contributed by atoms with Crippen molar-refractivity contribution in [3.63, 3.8) is 0 Å². The van der Waals surface area contributed by atoms with E-state index in [0.717, 1.165) is 44.9 Å². The fourth-order valence-corrected chi connectivity index (χ4v) is 8.88. The van der Waals surface area contributed by atoms with Gasteiger partial charge in [0.2, 0.25) is 0 Å². The monoisotopic (exact) mass is 508 g/mol. The molecule has 5 heteroatoms. The maximum Gasteiger partial charge on any atom is 0.294 e. The van der Waals surface area contributed by atoms with Gasteiger partial charge < -0.3 is 5.11 Å². The van der Waals surface area contributed by atoms with Crippen LogP contribution in [0.5, 0.6) is 0 Å². The Balaban J connectivity index is 1.62. The number of alkyl halides is 3. The minimum Gasteiger partial charge on any atom is -0.383 e. The second-order valence-corrected chi connectivity index (χ2v) is 12.6. The zero-order valence-corrected chi connectivity index (χ0v) is 20.6. The number of allylic oxidation sites excluding steroid dienone is 4. The average molecular weight is 509 g/mol. The Morgan fingerprint density at radius 1 is 1.12 bits per heavy atom. The van der Waals surface area contributed by atoms with Crippen molar-refractivity contribution in [2.24, 2.45) is 29.1 Å². The molecule has 0 aliphatic heterocycles. The van der Waals surface area contributed by atoms with Crippen LogP contribution in [0.1, 0.15) is 77.6 Å². The van der Waals surface area contributed by atoms with Gasteiger partial charge in [0, 0.05) is 16.7 Å². The summed E-state index contributed by atoms with van der Waals surface area (Å²) in [6.45, 7) is 5.33.